The van der Waals surface area contributed by atoms with Crippen LogP contribution >= 0.6 is 0 Å². The van der Waals surface area contributed by atoms with Crippen LogP contribution in [0.5, 0.6) is 11.5 Å². The van der Waals surface area contributed by atoms with Crippen molar-refractivity contribution in [3.63, 3.8) is 0 Å². The second-order valence-corrected chi connectivity index (χ2v) is 8.95. The summed E-state index contributed by atoms with van der Waals surface area (Å²) >= 11 is 0. The minimum absolute atomic E-state index is 0.142. The summed E-state index contributed by atoms with van der Waals surface area (Å²) in [6.07, 6.45) is 4.35. The standard InChI is InChI=1S/C25H29NO3/c1-16(2)17-3-5-18(6-4-17)20-13-21-8-9-22(14-20)26(21)25(27)19-7-10-23-24(15-19)29-12-11-28-23/h3-7,10,15-16,20-22H,8-9,11-14H2,1-2H3/t20-,21+,22-. The zero-order valence-corrected chi connectivity index (χ0v) is 17.3. The summed E-state index contributed by atoms with van der Waals surface area (Å²) in [6, 6.07) is 15.4. The predicted molar refractivity (Wildman–Crippen MR) is 113 cm³/mol. The first kappa shape index (κ1) is 18.5. The number of hydrogen-bond acceptors (Lipinski definition) is 3. The summed E-state index contributed by atoms with van der Waals surface area (Å²) in [6.45, 7) is 5.57. The number of nitrogens with zero attached hydrogens (tertiary/aromatic N) is 1. The summed E-state index contributed by atoms with van der Waals surface area (Å²) in [5.74, 6) is 2.68. The Morgan fingerprint density at radius 3 is 2.24 bits per heavy atom. The molecule has 0 aliphatic carbocycles. The molecule has 5 rings (SSSR count). The molecule has 2 aromatic rings. The first-order valence-corrected chi connectivity index (χ1v) is 10.9. The van der Waals surface area contributed by atoms with Crippen LogP contribution in [-0.4, -0.2) is 36.1 Å². The Labute approximate surface area is 172 Å². The molecule has 0 radical (unpaired) electrons. The molecule has 152 valence electrons. The molecule has 0 saturated carbocycles. The Morgan fingerprint density at radius 1 is 0.931 bits per heavy atom. The van der Waals surface area contributed by atoms with Crippen LogP contribution in [0.25, 0.3) is 0 Å². The minimum atomic E-state index is 0.142. The van der Waals surface area contributed by atoms with E-state index < -0.39 is 0 Å². The highest BCUT2D eigenvalue weighted by Gasteiger charge is 2.43. The SMILES string of the molecule is CC(C)c1ccc([C@H]2C[C@H]3CC[C@@H](C2)N3C(=O)c2ccc3c(c2)OCCO3)cc1. The summed E-state index contributed by atoms with van der Waals surface area (Å²) in [5.41, 5.74) is 3.53. The summed E-state index contributed by atoms with van der Waals surface area (Å²) in [5, 5.41) is 0. The maximum absolute atomic E-state index is 13.3. The van der Waals surface area contributed by atoms with E-state index in [0.717, 1.165) is 31.4 Å². The summed E-state index contributed by atoms with van der Waals surface area (Å²) in [4.78, 5) is 15.5. The number of hydrogen-bond donors (Lipinski definition) is 0. The van der Waals surface area contributed by atoms with Gasteiger partial charge in [-0.3, -0.25) is 4.79 Å². The number of carbonyl (C=O) groups is 1. The number of fused-ring (bicyclic) bond motifs is 3. The van der Waals surface area contributed by atoms with Gasteiger partial charge < -0.3 is 14.4 Å². The van der Waals surface area contributed by atoms with Gasteiger partial charge in [-0.15, -0.1) is 0 Å². The molecule has 0 N–H and O–H groups in total. The van der Waals surface area contributed by atoms with E-state index in [2.05, 4.69) is 43.0 Å². The van der Waals surface area contributed by atoms with E-state index in [0.29, 0.717) is 48.4 Å². The second-order valence-electron chi connectivity index (χ2n) is 8.95. The number of rotatable bonds is 3. The van der Waals surface area contributed by atoms with Crippen LogP contribution in [-0.2, 0) is 0 Å². The van der Waals surface area contributed by atoms with Crippen molar-refractivity contribution < 1.29 is 14.3 Å². The molecule has 2 bridgehead atoms. The Morgan fingerprint density at radius 2 is 1.59 bits per heavy atom. The fourth-order valence-electron chi connectivity index (χ4n) is 5.26. The number of amides is 1. The van der Waals surface area contributed by atoms with Gasteiger partial charge in [-0.25, -0.2) is 0 Å². The molecule has 1 amide bonds. The molecule has 4 heteroatoms. The van der Waals surface area contributed by atoms with Crippen molar-refractivity contribution >= 4 is 5.91 Å². The molecule has 29 heavy (non-hydrogen) atoms. The lowest BCUT2D eigenvalue weighted by atomic mass is 9.84. The third-order valence-corrected chi connectivity index (χ3v) is 6.83. The molecule has 3 atom stereocenters. The third-order valence-electron chi connectivity index (χ3n) is 6.83. The van der Waals surface area contributed by atoms with Crippen molar-refractivity contribution in [2.45, 2.75) is 63.5 Å². The van der Waals surface area contributed by atoms with Gasteiger partial charge in [0, 0.05) is 17.6 Å². The van der Waals surface area contributed by atoms with Crippen LogP contribution in [0.4, 0.5) is 0 Å². The quantitative estimate of drug-likeness (QED) is 0.728. The lowest BCUT2D eigenvalue weighted by Gasteiger charge is -2.39. The van der Waals surface area contributed by atoms with E-state index in [1.54, 1.807) is 0 Å². The van der Waals surface area contributed by atoms with E-state index in [9.17, 15) is 4.79 Å². The molecule has 0 aromatic heterocycles. The zero-order chi connectivity index (χ0) is 20.0. The van der Waals surface area contributed by atoms with E-state index in [1.165, 1.54) is 11.1 Å². The first-order chi connectivity index (χ1) is 14.1. The largest absolute Gasteiger partial charge is 0.486 e. The van der Waals surface area contributed by atoms with Crippen molar-refractivity contribution in [3.8, 4) is 11.5 Å². The normalized spacial score (nSPS) is 25.3. The van der Waals surface area contributed by atoms with Crippen LogP contribution < -0.4 is 9.47 Å². The van der Waals surface area contributed by atoms with Gasteiger partial charge in [0.05, 0.1) is 0 Å². The average Bonchev–Trinajstić information content (AvgIpc) is 3.02. The Hall–Kier alpha value is -2.49. The van der Waals surface area contributed by atoms with Gasteiger partial charge in [-0.2, -0.15) is 0 Å². The molecular formula is C25H29NO3. The van der Waals surface area contributed by atoms with Crippen molar-refractivity contribution in [2.24, 2.45) is 0 Å². The molecule has 2 aromatic carbocycles. The highest BCUT2D eigenvalue weighted by molar-refractivity contribution is 5.95. The highest BCUT2D eigenvalue weighted by atomic mass is 16.6. The van der Waals surface area contributed by atoms with E-state index in [1.807, 2.05) is 18.2 Å². The Balaban J connectivity index is 1.33. The first-order valence-electron chi connectivity index (χ1n) is 10.9. The van der Waals surface area contributed by atoms with Crippen LogP contribution in [0.3, 0.4) is 0 Å². The summed E-state index contributed by atoms with van der Waals surface area (Å²) in [7, 11) is 0. The zero-order valence-electron chi connectivity index (χ0n) is 17.3. The molecule has 3 aliphatic rings. The lowest BCUT2D eigenvalue weighted by Crippen LogP contribution is -2.46. The van der Waals surface area contributed by atoms with Gasteiger partial charge in [-0.1, -0.05) is 38.1 Å². The molecule has 3 heterocycles. The molecule has 2 fully saturated rings. The van der Waals surface area contributed by atoms with Crippen molar-refractivity contribution in [1.29, 1.82) is 0 Å². The van der Waals surface area contributed by atoms with Gasteiger partial charge in [0.2, 0.25) is 0 Å². The Bertz CT molecular complexity index is 891. The van der Waals surface area contributed by atoms with Crippen LogP contribution in [0.15, 0.2) is 42.5 Å². The number of ether oxygens (including phenoxy) is 2. The fraction of sp³-hybridized carbons (Fsp3) is 0.480. The third kappa shape index (κ3) is 3.39. The van der Waals surface area contributed by atoms with E-state index >= 15 is 0 Å². The maximum atomic E-state index is 13.3. The van der Waals surface area contributed by atoms with E-state index in [-0.39, 0.29) is 5.91 Å². The monoisotopic (exact) mass is 391 g/mol. The minimum Gasteiger partial charge on any atom is -0.486 e. The maximum Gasteiger partial charge on any atom is 0.254 e. The lowest BCUT2D eigenvalue weighted by molar-refractivity contribution is 0.0570. The number of benzene rings is 2. The summed E-state index contributed by atoms with van der Waals surface area (Å²) < 4.78 is 11.3. The number of piperidine rings is 1. The molecule has 4 nitrogen and oxygen atoms in total. The van der Waals surface area contributed by atoms with Gasteiger partial charge in [0.15, 0.2) is 11.5 Å². The van der Waals surface area contributed by atoms with Gasteiger partial charge in [0.25, 0.3) is 5.91 Å². The smallest absolute Gasteiger partial charge is 0.254 e. The average molecular weight is 392 g/mol. The van der Waals surface area contributed by atoms with Crippen LogP contribution in [0.1, 0.15) is 72.9 Å². The highest BCUT2D eigenvalue weighted by Crippen LogP contribution is 2.44. The second kappa shape index (κ2) is 7.40. The topological polar surface area (TPSA) is 38.8 Å². The van der Waals surface area contributed by atoms with Gasteiger partial charge in [-0.05, 0) is 66.8 Å². The Kier molecular flexibility index (Phi) is 4.73. The molecule has 0 spiro atoms. The molecular weight excluding hydrogens is 362 g/mol. The van der Waals surface area contributed by atoms with Crippen molar-refractivity contribution in [3.05, 3.63) is 59.2 Å². The molecule has 2 saturated heterocycles. The van der Waals surface area contributed by atoms with Gasteiger partial charge >= 0.3 is 0 Å². The molecule has 0 unspecified atom stereocenters. The van der Waals surface area contributed by atoms with Crippen LogP contribution in [0.2, 0.25) is 0 Å². The van der Waals surface area contributed by atoms with Crippen molar-refractivity contribution in [1.82, 2.24) is 4.90 Å². The van der Waals surface area contributed by atoms with Crippen molar-refractivity contribution in [2.75, 3.05) is 13.2 Å². The van der Waals surface area contributed by atoms with Gasteiger partial charge in [0.1, 0.15) is 13.2 Å². The van der Waals surface area contributed by atoms with E-state index in [4.69, 9.17) is 9.47 Å². The van der Waals surface area contributed by atoms with Crippen LogP contribution in [0, 0.1) is 0 Å². The predicted octanol–water partition coefficient (Wildman–Crippen LogP) is 5.13. The molecule has 3 aliphatic heterocycles. The fourth-order valence-corrected chi connectivity index (χ4v) is 5.26. The number of carbonyl (C=O) groups excluding carboxylic acids is 1.